The van der Waals surface area contributed by atoms with Gasteiger partial charge in [0.2, 0.25) is 0 Å². The van der Waals surface area contributed by atoms with Crippen molar-refractivity contribution in [2.24, 2.45) is 5.92 Å². The fourth-order valence-electron chi connectivity index (χ4n) is 1.56. The first-order chi connectivity index (χ1) is 5.09. The number of amides is 1. The van der Waals surface area contributed by atoms with Gasteiger partial charge in [0.1, 0.15) is 0 Å². The number of likely N-dealkylation sites (N-methyl/N-ethyl adjacent to an activating group) is 1. The van der Waals surface area contributed by atoms with Crippen LogP contribution in [0, 0.1) is 5.92 Å². The molecule has 0 aromatic heterocycles. The molecular formula is C7H14N2O2. The topological polar surface area (TPSA) is 52.6 Å². The van der Waals surface area contributed by atoms with Crippen LogP contribution in [0.1, 0.15) is 6.92 Å². The summed E-state index contributed by atoms with van der Waals surface area (Å²) in [4.78, 5) is 12.4. The van der Waals surface area contributed by atoms with Crippen LogP contribution in [0.3, 0.4) is 0 Å². The van der Waals surface area contributed by atoms with Gasteiger partial charge in [-0.15, -0.1) is 0 Å². The number of nitrogens with one attached hydrogen (secondary N) is 1. The van der Waals surface area contributed by atoms with Crippen LogP contribution < -0.4 is 5.32 Å². The summed E-state index contributed by atoms with van der Waals surface area (Å²) in [7, 11) is 2.00. The molecule has 2 atom stereocenters. The van der Waals surface area contributed by atoms with Gasteiger partial charge < -0.3 is 15.3 Å². The predicted molar refractivity (Wildman–Crippen MR) is 41.6 cm³/mol. The second-order valence-corrected chi connectivity index (χ2v) is 3.25. The average molecular weight is 158 g/mol. The largest absolute Gasteiger partial charge is 0.465 e. The Morgan fingerprint density at radius 3 is 2.64 bits per heavy atom. The summed E-state index contributed by atoms with van der Waals surface area (Å²) in [5, 5.41) is 10.9. The summed E-state index contributed by atoms with van der Waals surface area (Å²) in [6.07, 6.45) is -0.919. The lowest BCUT2D eigenvalue weighted by molar-refractivity contribution is 0.188. The third-order valence-electron chi connectivity index (χ3n) is 2.10. The second kappa shape index (κ2) is 3.09. The molecule has 0 saturated carbocycles. The minimum absolute atomic E-state index is 0.109. The van der Waals surface area contributed by atoms with E-state index in [1.165, 1.54) is 0 Å². The molecule has 1 aliphatic rings. The summed E-state index contributed by atoms with van der Waals surface area (Å²) in [6.45, 7) is 3.86. The third-order valence-corrected chi connectivity index (χ3v) is 2.10. The van der Waals surface area contributed by atoms with E-state index in [4.69, 9.17) is 5.11 Å². The van der Waals surface area contributed by atoms with Gasteiger partial charge in [-0.25, -0.2) is 4.79 Å². The van der Waals surface area contributed by atoms with Crippen molar-refractivity contribution in [1.29, 1.82) is 0 Å². The van der Waals surface area contributed by atoms with Crippen LogP contribution in [0.2, 0.25) is 0 Å². The lowest BCUT2D eigenvalue weighted by atomic mass is 10.1. The maximum atomic E-state index is 10.3. The first kappa shape index (κ1) is 8.33. The molecule has 2 N–H and O–H groups in total. The lowest BCUT2D eigenvalue weighted by Crippen LogP contribution is -2.38. The Morgan fingerprint density at radius 2 is 2.27 bits per heavy atom. The fourth-order valence-corrected chi connectivity index (χ4v) is 1.56. The predicted octanol–water partition coefficient (Wildman–Crippen LogP) is 0.204. The Morgan fingerprint density at radius 1 is 1.64 bits per heavy atom. The average Bonchev–Trinajstić information content (AvgIpc) is 2.09. The molecule has 1 aliphatic heterocycles. The molecule has 0 unspecified atom stereocenters. The molecule has 4 heteroatoms. The van der Waals surface area contributed by atoms with Crippen molar-refractivity contribution in [3.63, 3.8) is 0 Å². The number of carbonyl (C=O) groups is 1. The molecule has 11 heavy (non-hydrogen) atoms. The van der Waals surface area contributed by atoms with Crippen molar-refractivity contribution in [2.75, 3.05) is 20.1 Å². The Kier molecular flexibility index (Phi) is 2.34. The molecule has 1 rings (SSSR count). The number of likely N-dealkylation sites (tertiary alicyclic amines) is 1. The van der Waals surface area contributed by atoms with E-state index in [0.29, 0.717) is 5.92 Å². The molecule has 0 aromatic carbocycles. The van der Waals surface area contributed by atoms with Gasteiger partial charge in [-0.3, -0.25) is 0 Å². The smallest absolute Gasteiger partial charge is 0.404 e. The molecule has 1 fully saturated rings. The zero-order valence-electron chi connectivity index (χ0n) is 6.87. The summed E-state index contributed by atoms with van der Waals surface area (Å²) < 4.78 is 0. The van der Waals surface area contributed by atoms with E-state index in [2.05, 4.69) is 17.1 Å². The zero-order chi connectivity index (χ0) is 8.43. The Labute approximate surface area is 66.2 Å². The Balaban J connectivity index is 2.40. The van der Waals surface area contributed by atoms with Crippen molar-refractivity contribution in [3.8, 4) is 0 Å². The number of hydrogen-bond donors (Lipinski definition) is 2. The van der Waals surface area contributed by atoms with E-state index in [0.717, 1.165) is 13.1 Å². The van der Waals surface area contributed by atoms with Crippen molar-refractivity contribution >= 4 is 6.09 Å². The van der Waals surface area contributed by atoms with E-state index in [1.54, 1.807) is 0 Å². The van der Waals surface area contributed by atoms with E-state index in [1.807, 2.05) is 7.05 Å². The number of nitrogens with zero attached hydrogens (tertiary/aromatic N) is 1. The molecule has 0 bridgehead atoms. The Hall–Kier alpha value is -0.770. The van der Waals surface area contributed by atoms with Crippen LogP contribution in [0.5, 0.6) is 0 Å². The van der Waals surface area contributed by atoms with E-state index < -0.39 is 6.09 Å². The third kappa shape index (κ3) is 2.08. The maximum Gasteiger partial charge on any atom is 0.404 e. The maximum absolute atomic E-state index is 10.3. The van der Waals surface area contributed by atoms with Crippen molar-refractivity contribution in [1.82, 2.24) is 10.2 Å². The van der Waals surface area contributed by atoms with Crippen LogP contribution in [0.4, 0.5) is 4.79 Å². The molecule has 64 valence electrons. The van der Waals surface area contributed by atoms with Crippen molar-refractivity contribution in [3.05, 3.63) is 0 Å². The molecule has 0 spiro atoms. The molecular weight excluding hydrogens is 144 g/mol. The van der Waals surface area contributed by atoms with Crippen molar-refractivity contribution < 1.29 is 9.90 Å². The van der Waals surface area contributed by atoms with E-state index in [9.17, 15) is 4.79 Å². The highest BCUT2D eigenvalue weighted by molar-refractivity contribution is 5.65. The number of carboxylic acid groups (broad SMARTS) is 1. The molecule has 1 saturated heterocycles. The van der Waals surface area contributed by atoms with Gasteiger partial charge in [0.05, 0.1) is 0 Å². The highest BCUT2D eigenvalue weighted by Crippen LogP contribution is 2.13. The summed E-state index contributed by atoms with van der Waals surface area (Å²) >= 11 is 0. The molecule has 1 heterocycles. The van der Waals surface area contributed by atoms with Gasteiger partial charge in [0, 0.05) is 19.1 Å². The van der Waals surface area contributed by atoms with Crippen LogP contribution in [-0.2, 0) is 0 Å². The van der Waals surface area contributed by atoms with Crippen LogP contribution in [0.15, 0.2) is 0 Å². The van der Waals surface area contributed by atoms with Gasteiger partial charge >= 0.3 is 6.09 Å². The SMILES string of the molecule is C[C@@H]1CN(C)C[C@@H]1NC(=O)O. The zero-order valence-corrected chi connectivity index (χ0v) is 6.87. The number of hydrogen-bond acceptors (Lipinski definition) is 2. The normalized spacial score (nSPS) is 32.2. The molecule has 4 nitrogen and oxygen atoms in total. The van der Waals surface area contributed by atoms with Crippen LogP contribution in [-0.4, -0.2) is 42.3 Å². The lowest BCUT2D eigenvalue weighted by Gasteiger charge is -2.12. The monoisotopic (exact) mass is 158 g/mol. The summed E-state index contributed by atoms with van der Waals surface area (Å²) in [5.41, 5.74) is 0. The fraction of sp³-hybridized carbons (Fsp3) is 0.857. The van der Waals surface area contributed by atoms with Gasteiger partial charge in [0.25, 0.3) is 0 Å². The van der Waals surface area contributed by atoms with Gasteiger partial charge in [-0.05, 0) is 13.0 Å². The van der Waals surface area contributed by atoms with E-state index in [-0.39, 0.29) is 6.04 Å². The highest BCUT2D eigenvalue weighted by atomic mass is 16.4. The first-order valence-electron chi connectivity index (χ1n) is 3.77. The first-order valence-corrected chi connectivity index (χ1v) is 3.77. The van der Waals surface area contributed by atoms with Crippen LogP contribution >= 0.6 is 0 Å². The summed E-state index contributed by atoms with van der Waals surface area (Å²) in [6, 6.07) is 0.109. The quantitative estimate of drug-likeness (QED) is 0.573. The molecule has 0 radical (unpaired) electrons. The molecule has 0 aromatic rings. The minimum atomic E-state index is -0.919. The van der Waals surface area contributed by atoms with E-state index >= 15 is 0 Å². The highest BCUT2D eigenvalue weighted by Gasteiger charge is 2.27. The molecule has 1 amide bonds. The van der Waals surface area contributed by atoms with Gasteiger partial charge in [-0.1, -0.05) is 6.92 Å². The summed E-state index contributed by atoms with van der Waals surface area (Å²) in [5.74, 6) is 0.427. The minimum Gasteiger partial charge on any atom is -0.465 e. The Bertz CT molecular complexity index is 161. The van der Waals surface area contributed by atoms with Gasteiger partial charge in [0.15, 0.2) is 0 Å². The van der Waals surface area contributed by atoms with Crippen molar-refractivity contribution in [2.45, 2.75) is 13.0 Å². The van der Waals surface area contributed by atoms with Crippen LogP contribution in [0.25, 0.3) is 0 Å². The van der Waals surface area contributed by atoms with Gasteiger partial charge in [-0.2, -0.15) is 0 Å². The number of rotatable bonds is 1. The standard InChI is InChI=1S/C7H14N2O2/c1-5-3-9(2)4-6(5)8-7(10)11/h5-6,8H,3-4H2,1-2H3,(H,10,11)/t5-,6+/m1/s1. The molecule has 0 aliphatic carbocycles. The second-order valence-electron chi connectivity index (χ2n) is 3.25.